The number of benzene rings is 4. The second-order valence-electron chi connectivity index (χ2n) is 9.47. The van der Waals surface area contributed by atoms with E-state index in [0.717, 1.165) is 0 Å². The van der Waals surface area contributed by atoms with Gasteiger partial charge in [0.25, 0.3) is 0 Å². The van der Waals surface area contributed by atoms with Gasteiger partial charge in [-0.25, -0.2) is 0 Å². The normalized spacial score (nSPS) is 18.4. The molecular weight excluding hydrogens is 408 g/mol. The minimum absolute atomic E-state index is 0.488. The summed E-state index contributed by atoms with van der Waals surface area (Å²) in [7, 11) is 0. The van der Waals surface area contributed by atoms with Crippen LogP contribution in [0.4, 0.5) is 0 Å². The predicted molar refractivity (Wildman–Crippen MR) is 146 cm³/mol. The van der Waals surface area contributed by atoms with Crippen molar-refractivity contribution in [3.8, 4) is 0 Å². The highest BCUT2D eigenvalue weighted by Gasteiger charge is 2.39. The van der Waals surface area contributed by atoms with Crippen LogP contribution in [0.5, 0.6) is 0 Å². The lowest BCUT2D eigenvalue weighted by Crippen LogP contribution is -2.26. The molecule has 4 aromatic carbocycles. The summed E-state index contributed by atoms with van der Waals surface area (Å²) in [5.41, 5.74) is 14.4. The van der Waals surface area contributed by atoms with Crippen molar-refractivity contribution in [3.05, 3.63) is 154 Å². The van der Waals surface area contributed by atoms with E-state index in [4.69, 9.17) is 0 Å². The van der Waals surface area contributed by atoms with Crippen molar-refractivity contribution in [2.75, 3.05) is 0 Å². The first-order valence-electron chi connectivity index (χ1n) is 12.2. The standard InChI is InChI=1S/C18H16.C16H16/c1-11-12(2)18-15-9-5-3-7-13(15)17(11)14-8-4-6-10-16(14)18;1-13(15-9-5-3-6-10-15)14(2)16-11-7-4-8-12-16/h3-10,17-18H,1-2H3;3-12H,1-2H3/b;14-13-. The summed E-state index contributed by atoms with van der Waals surface area (Å²) in [6, 6.07) is 38.9. The molecule has 0 spiro atoms. The maximum absolute atomic E-state index is 2.30. The van der Waals surface area contributed by atoms with Gasteiger partial charge in [-0.1, -0.05) is 120 Å². The highest BCUT2D eigenvalue weighted by Crippen LogP contribution is 2.54. The fourth-order valence-electron chi connectivity index (χ4n) is 5.61. The molecule has 0 atom stereocenters. The molecule has 7 rings (SSSR count). The molecule has 0 amide bonds. The van der Waals surface area contributed by atoms with Gasteiger partial charge in [0.05, 0.1) is 0 Å². The van der Waals surface area contributed by atoms with Crippen LogP contribution in [0, 0.1) is 0 Å². The second-order valence-corrected chi connectivity index (χ2v) is 9.47. The largest absolute Gasteiger partial charge is 0.0622 e. The summed E-state index contributed by atoms with van der Waals surface area (Å²) in [6.45, 7) is 8.97. The maximum atomic E-state index is 2.30. The Balaban J connectivity index is 0.000000143. The number of hydrogen-bond donors (Lipinski definition) is 0. The zero-order chi connectivity index (χ0) is 23.7. The molecule has 4 aromatic rings. The molecule has 0 aromatic heterocycles. The molecule has 0 nitrogen and oxygen atoms in total. The fourth-order valence-corrected chi connectivity index (χ4v) is 5.61. The van der Waals surface area contributed by atoms with E-state index in [9.17, 15) is 0 Å². The second kappa shape index (κ2) is 9.31. The zero-order valence-electron chi connectivity index (χ0n) is 20.5. The van der Waals surface area contributed by atoms with Gasteiger partial charge in [-0.2, -0.15) is 0 Å². The van der Waals surface area contributed by atoms with Gasteiger partial charge in [0.1, 0.15) is 0 Å². The van der Waals surface area contributed by atoms with E-state index in [0.29, 0.717) is 11.8 Å². The molecule has 0 saturated carbocycles. The Labute approximate surface area is 204 Å². The van der Waals surface area contributed by atoms with Crippen molar-refractivity contribution in [3.63, 3.8) is 0 Å². The van der Waals surface area contributed by atoms with Gasteiger partial charge in [0.15, 0.2) is 0 Å². The molecule has 0 heteroatoms. The molecule has 168 valence electrons. The topological polar surface area (TPSA) is 0 Å². The van der Waals surface area contributed by atoms with Crippen LogP contribution in [0.1, 0.15) is 72.9 Å². The Bertz CT molecular complexity index is 1220. The van der Waals surface area contributed by atoms with Crippen LogP contribution in [-0.2, 0) is 0 Å². The van der Waals surface area contributed by atoms with Crippen molar-refractivity contribution in [1.29, 1.82) is 0 Å². The first-order chi connectivity index (χ1) is 16.6. The van der Waals surface area contributed by atoms with Crippen LogP contribution in [0.3, 0.4) is 0 Å². The van der Waals surface area contributed by atoms with Crippen molar-refractivity contribution in [2.45, 2.75) is 39.5 Å². The molecule has 0 saturated heterocycles. The highest BCUT2D eigenvalue weighted by molar-refractivity contribution is 5.88. The number of rotatable bonds is 2. The van der Waals surface area contributed by atoms with E-state index >= 15 is 0 Å². The van der Waals surface area contributed by atoms with Gasteiger partial charge in [-0.3, -0.25) is 0 Å². The molecular formula is C34H32. The molecule has 0 N–H and O–H groups in total. The Morgan fingerprint density at radius 3 is 0.971 bits per heavy atom. The molecule has 3 aliphatic rings. The Hall–Kier alpha value is -3.64. The van der Waals surface area contributed by atoms with Gasteiger partial charge >= 0.3 is 0 Å². The van der Waals surface area contributed by atoms with E-state index < -0.39 is 0 Å². The summed E-state index contributed by atoms with van der Waals surface area (Å²) in [5, 5.41) is 0. The summed E-state index contributed by atoms with van der Waals surface area (Å²) >= 11 is 0. The van der Waals surface area contributed by atoms with E-state index in [2.05, 4.69) is 137 Å². The van der Waals surface area contributed by atoms with Gasteiger partial charge in [-0.05, 0) is 72.2 Å². The molecule has 34 heavy (non-hydrogen) atoms. The third-order valence-corrected chi connectivity index (χ3v) is 7.70. The lowest BCUT2D eigenvalue weighted by atomic mass is 9.62. The molecule has 0 radical (unpaired) electrons. The average Bonchev–Trinajstić information content (AvgIpc) is 2.91. The maximum Gasteiger partial charge on any atom is 0.0305 e. The molecule has 0 heterocycles. The first kappa shape index (κ1) is 22.2. The molecule has 0 aliphatic heterocycles. The SMILES string of the molecule is C/C(=C(\C)c1ccccc1)c1ccccc1.CC1=C(C)C2c3ccccc3C1c1ccccc12. The van der Waals surface area contributed by atoms with Crippen LogP contribution in [-0.4, -0.2) is 0 Å². The molecule has 0 unspecified atom stereocenters. The minimum Gasteiger partial charge on any atom is -0.0622 e. The average molecular weight is 441 g/mol. The van der Waals surface area contributed by atoms with E-state index in [-0.39, 0.29) is 0 Å². The Kier molecular flexibility index (Phi) is 6.07. The molecule has 2 bridgehead atoms. The van der Waals surface area contributed by atoms with Crippen LogP contribution in [0.2, 0.25) is 0 Å². The molecule has 3 aliphatic carbocycles. The zero-order valence-corrected chi connectivity index (χ0v) is 20.5. The van der Waals surface area contributed by atoms with Crippen molar-refractivity contribution in [2.24, 2.45) is 0 Å². The van der Waals surface area contributed by atoms with Gasteiger partial charge in [-0.15, -0.1) is 0 Å². The first-order valence-corrected chi connectivity index (χ1v) is 12.2. The van der Waals surface area contributed by atoms with Gasteiger partial charge < -0.3 is 0 Å². The van der Waals surface area contributed by atoms with Crippen molar-refractivity contribution >= 4 is 11.1 Å². The highest BCUT2D eigenvalue weighted by atomic mass is 14.4. The van der Waals surface area contributed by atoms with Crippen LogP contribution < -0.4 is 0 Å². The minimum atomic E-state index is 0.488. The van der Waals surface area contributed by atoms with Gasteiger partial charge in [0.2, 0.25) is 0 Å². The van der Waals surface area contributed by atoms with Crippen molar-refractivity contribution < 1.29 is 0 Å². The number of allylic oxidation sites excluding steroid dienone is 4. The van der Waals surface area contributed by atoms with E-state index in [1.54, 1.807) is 11.1 Å². The summed E-state index contributed by atoms with van der Waals surface area (Å²) in [4.78, 5) is 0. The lowest BCUT2D eigenvalue weighted by molar-refractivity contribution is 0.727. The lowest BCUT2D eigenvalue weighted by Gasteiger charge is -2.42. The predicted octanol–water partition coefficient (Wildman–Crippen LogP) is 9.25. The van der Waals surface area contributed by atoms with E-state index in [1.807, 2.05) is 0 Å². The quantitative estimate of drug-likeness (QED) is 0.215. The molecule has 0 fully saturated rings. The van der Waals surface area contributed by atoms with Crippen LogP contribution >= 0.6 is 0 Å². The fraction of sp³-hybridized carbons (Fsp3) is 0.176. The smallest absolute Gasteiger partial charge is 0.0305 e. The monoisotopic (exact) mass is 440 g/mol. The van der Waals surface area contributed by atoms with E-state index in [1.165, 1.54) is 44.5 Å². The van der Waals surface area contributed by atoms with Crippen LogP contribution in [0.25, 0.3) is 11.1 Å². The van der Waals surface area contributed by atoms with Gasteiger partial charge in [0, 0.05) is 11.8 Å². The Morgan fingerprint density at radius 2 is 0.676 bits per heavy atom. The Morgan fingerprint density at radius 1 is 0.412 bits per heavy atom. The summed E-state index contributed by atoms with van der Waals surface area (Å²) in [5.74, 6) is 0.977. The third-order valence-electron chi connectivity index (χ3n) is 7.70. The number of hydrogen-bond acceptors (Lipinski definition) is 0. The summed E-state index contributed by atoms with van der Waals surface area (Å²) in [6.07, 6.45) is 0. The third kappa shape index (κ3) is 3.84. The summed E-state index contributed by atoms with van der Waals surface area (Å²) < 4.78 is 0. The van der Waals surface area contributed by atoms with Crippen molar-refractivity contribution in [1.82, 2.24) is 0 Å². The van der Waals surface area contributed by atoms with Crippen LogP contribution in [0.15, 0.2) is 120 Å².